The van der Waals surface area contributed by atoms with E-state index in [1.54, 1.807) is 17.8 Å². The Morgan fingerprint density at radius 2 is 2.03 bits per heavy atom. The summed E-state index contributed by atoms with van der Waals surface area (Å²) in [7, 11) is 1.78. The predicted octanol–water partition coefficient (Wildman–Crippen LogP) is 3.64. The van der Waals surface area contributed by atoms with E-state index >= 15 is 0 Å². The topological polar surface area (TPSA) is 50.2 Å². The zero-order chi connectivity index (χ0) is 20.0. The number of aromatic nitrogens is 2. The van der Waals surface area contributed by atoms with Crippen LogP contribution in [0.5, 0.6) is 0 Å². The van der Waals surface area contributed by atoms with Gasteiger partial charge >= 0.3 is 0 Å². The van der Waals surface area contributed by atoms with Crippen molar-refractivity contribution in [1.82, 2.24) is 20.0 Å². The van der Waals surface area contributed by atoms with Gasteiger partial charge in [-0.3, -0.25) is 14.4 Å². The number of nitrogens with one attached hydrogen (secondary N) is 1. The Kier molecular flexibility index (Phi) is 4.39. The van der Waals surface area contributed by atoms with Crippen molar-refractivity contribution in [3.63, 3.8) is 0 Å². The van der Waals surface area contributed by atoms with Crippen LogP contribution in [-0.2, 0) is 13.6 Å². The number of likely N-dealkylation sites (tertiary alicyclic amines) is 1. The molecule has 0 radical (unpaired) electrons. The van der Waals surface area contributed by atoms with Gasteiger partial charge in [0.05, 0.1) is 5.52 Å². The lowest BCUT2D eigenvalue weighted by molar-refractivity contribution is 0.0793. The first-order valence-electron chi connectivity index (χ1n) is 10.3. The molecule has 1 atom stereocenters. The van der Waals surface area contributed by atoms with Gasteiger partial charge in [-0.05, 0) is 49.4 Å². The molecule has 1 aliphatic heterocycles. The van der Waals surface area contributed by atoms with Crippen molar-refractivity contribution in [2.24, 2.45) is 7.05 Å². The minimum atomic E-state index is -0.356. The van der Waals surface area contributed by atoms with Gasteiger partial charge in [0.1, 0.15) is 5.82 Å². The van der Waals surface area contributed by atoms with Gasteiger partial charge in [0.2, 0.25) is 0 Å². The van der Waals surface area contributed by atoms with Crippen LogP contribution in [0.15, 0.2) is 48.5 Å². The average molecular weight is 392 g/mol. The number of aryl methyl sites for hydroxylation is 1. The molecule has 1 aliphatic carbocycles. The third kappa shape index (κ3) is 3.42. The Morgan fingerprint density at radius 3 is 2.79 bits per heavy atom. The molecule has 150 valence electrons. The SMILES string of the molecule is Cn1nc(C(=O)NC2CCN(Cc3ccccc3)C3(CC3)C2)c2cc(F)ccc21. The molecule has 1 amide bonds. The Morgan fingerprint density at radius 1 is 1.24 bits per heavy atom. The van der Waals surface area contributed by atoms with Crippen LogP contribution in [0.1, 0.15) is 41.7 Å². The van der Waals surface area contributed by atoms with E-state index in [0.717, 1.165) is 31.4 Å². The molecule has 1 saturated heterocycles. The van der Waals surface area contributed by atoms with Crippen LogP contribution in [0.4, 0.5) is 4.39 Å². The molecule has 2 heterocycles. The van der Waals surface area contributed by atoms with E-state index in [1.807, 2.05) is 6.07 Å². The summed E-state index contributed by atoms with van der Waals surface area (Å²) in [6, 6.07) is 15.1. The summed E-state index contributed by atoms with van der Waals surface area (Å²) < 4.78 is 15.3. The first-order chi connectivity index (χ1) is 14.0. The van der Waals surface area contributed by atoms with Crippen LogP contribution >= 0.6 is 0 Å². The Bertz CT molecular complexity index is 1060. The first kappa shape index (κ1) is 18.3. The Balaban J connectivity index is 1.29. The molecule has 2 fully saturated rings. The van der Waals surface area contributed by atoms with Gasteiger partial charge in [-0.2, -0.15) is 5.10 Å². The molecular weight excluding hydrogens is 367 g/mol. The lowest BCUT2D eigenvalue weighted by Gasteiger charge is -2.40. The quantitative estimate of drug-likeness (QED) is 0.738. The number of rotatable bonds is 4. The van der Waals surface area contributed by atoms with Gasteiger partial charge in [-0.25, -0.2) is 4.39 Å². The fourth-order valence-electron chi connectivity index (χ4n) is 4.74. The number of carbonyl (C=O) groups is 1. The second-order valence-corrected chi connectivity index (χ2v) is 8.43. The number of halogens is 1. The van der Waals surface area contributed by atoms with E-state index < -0.39 is 0 Å². The zero-order valence-electron chi connectivity index (χ0n) is 16.6. The Labute approximate surface area is 169 Å². The van der Waals surface area contributed by atoms with Crippen molar-refractivity contribution in [3.8, 4) is 0 Å². The number of hydrogen-bond donors (Lipinski definition) is 1. The van der Waals surface area contributed by atoms with Crippen LogP contribution in [0.3, 0.4) is 0 Å². The zero-order valence-corrected chi connectivity index (χ0v) is 16.6. The third-order valence-electron chi connectivity index (χ3n) is 6.45. The normalized spacial score (nSPS) is 20.8. The molecule has 3 aromatic rings. The summed E-state index contributed by atoms with van der Waals surface area (Å²) in [5.74, 6) is -0.566. The number of piperidine rings is 1. The maximum Gasteiger partial charge on any atom is 0.272 e. The van der Waals surface area contributed by atoms with Gasteiger partial charge in [0.25, 0.3) is 5.91 Å². The maximum atomic E-state index is 13.7. The predicted molar refractivity (Wildman–Crippen MR) is 110 cm³/mol. The minimum Gasteiger partial charge on any atom is -0.348 e. The number of hydrogen-bond acceptors (Lipinski definition) is 3. The van der Waals surface area contributed by atoms with E-state index in [4.69, 9.17) is 0 Å². The van der Waals surface area contributed by atoms with Crippen molar-refractivity contribution in [3.05, 3.63) is 65.6 Å². The molecule has 0 bridgehead atoms. The molecule has 29 heavy (non-hydrogen) atoms. The monoisotopic (exact) mass is 392 g/mol. The van der Waals surface area contributed by atoms with Crippen molar-refractivity contribution < 1.29 is 9.18 Å². The molecule has 5 rings (SSSR count). The van der Waals surface area contributed by atoms with E-state index in [1.165, 1.54) is 30.5 Å². The lowest BCUT2D eigenvalue weighted by atomic mass is 9.94. The van der Waals surface area contributed by atoms with Crippen LogP contribution in [-0.4, -0.2) is 38.7 Å². The lowest BCUT2D eigenvalue weighted by Crippen LogP contribution is -2.51. The van der Waals surface area contributed by atoms with Crippen molar-refractivity contribution in [1.29, 1.82) is 0 Å². The number of nitrogens with zero attached hydrogens (tertiary/aromatic N) is 3. The summed E-state index contributed by atoms with van der Waals surface area (Å²) in [6.45, 7) is 1.93. The van der Waals surface area contributed by atoms with Crippen LogP contribution < -0.4 is 5.32 Å². The van der Waals surface area contributed by atoms with Gasteiger partial charge in [0.15, 0.2) is 5.69 Å². The second-order valence-electron chi connectivity index (χ2n) is 8.43. The van der Waals surface area contributed by atoms with Crippen molar-refractivity contribution >= 4 is 16.8 Å². The first-order valence-corrected chi connectivity index (χ1v) is 10.3. The van der Waals surface area contributed by atoms with Crippen molar-refractivity contribution in [2.45, 2.75) is 43.8 Å². The molecule has 2 aromatic carbocycles. The molecule has 1 saturated carbocycles. The summed E-state index contributed by atoms with van der Waals surface area (Å²) in [5, 5.41) is 8.09. The number of benzene rings is 2. The molecule has 5 nitrogen and oxygen atoms in total. The van der Waals surface area contributed by atoms with Crippen LogP contribution in [0.25, 0.3) is 10.9 Å². The number of carbonyl (C=O) groups excluding carboxylic acids is 1. The highest BCUT2D eigenvalue weighted by molar-refractivity contribution is 6.05. The highest BCUT2D eigenvalue weighted by atomic mass is 19.1. The average Bonchev–Trinajstić information content (AvgIpc) is 3.40. The minimum absolute atomic E-state index is 0.127. The summed E-state index contributed by atoms with van der Waals surface area (Å²) >= 11 is 0. The van der Waals surface area contributed by atoms with Crippen LogP contribution in [0.2, 0.25) is 0 Å². The molecule has 1 unspecified atom stereocenters. The highest BCUT2D eigenvalue weighted by Crippen LogP contribution is 2.49. The standard InChI is InChI=1S/C23H25FN4O/c1-27-20-8-7-17(24)13-19(20)21(26-27)22(29)25-18-9-12-28(23(14-18)10-11-23)15-16-5-3-2-4-6-16/h2-8,13,18H,9-12,14-15H2,1H3,(H,25,29). The summed E-state index contributed by atoms with van der Waals surface area (Å²) in [6.07, 6.45) is 4.25. The van der Waals surface area contributed by atoms with E-state index in [-0.39, 0.29) is 23.3 Å². The molecule has 2 aliphatic rings. The molecule has 1 N–H and O–H groups in total. The molecule has 6 heteroatoms. The fourth-order valence-corrected chi connectivity index (χ4v) is 4.74. The van der Waals surface area contributed by atoms with Crippen LogP contribution in [0, 0.1) is 5.82 Å². The number of fused-ring (bicyclic) bond motifs is 1. The largest absolute Gasteiger partial charge is 0.348 e. The molecular formula is C23H25FN4O. The van der Waals surface area contributed by atoms with E-state index in [0.29, 0.717) is 11.1 Å². The third-order valence-corrected chi connectivity index (χ3v) is 6.45. The van der Waals surface area contributed by atoms with Gasteiger partial charge in [-0.1, -0.05) is 30.3 Å². The van der Waals surface area contributed by atoms with E-state index in [2.05, 4.69) is 39.6 Å². The number of amides is 1. The Hall–Kier alpha value is -2.73. The summed E-state index contributed by atoms with van der Waals surface area (Å²) in [4.78, 5) is 15.5. The smallest absolute Gasteiger partial charge is 0.272 e. The second kappa shape index (κ2) is 6.95. The van der Waals surface area contributed by atoms with Gasteiger partial charge < -0.3 is 5.32 Å². The maximum absolute atomic E-state index is 13.7. The highest BCUT2D eigenvalue weighted by Gasteiger charge is 2.51. The van der Waals surface area contributed by atoms with E-state index in [9.17, 15) is 9.18 Å². The van der Waals surface area contributed by atoms with Gasteiger partial charge in [0, 0.05) is 37.1 Å². The fraction of sp³-hybridized carbons (Fsp3) is 0.391. The molecule has 1 aromatic heterocycles. The summed E-state index contributed by atoms with van der Waals surface area (Å²) in [5.41, 5.74) is 2.61. The van der Waals surface area contributed by atoms with Gasteiger partial charge in [-0.15, -0.1) is 0 Å². The molecule has 1 spiro atoms. The van der Waals surface area contributed by atoms with Crippen molar-refractivity contribution in [2.75, 3.05) is 6.54 Å².